The van der Waals surface area contributed by atoms with Gasteiger partial charge in [0, 0.05) is 0 Å². The Morgan fingerprint density at radius 2 is 1.94 bits per heavy atom. The highest BCUT2D eigenvalue weighted by Gasteiger charge is 2.41. The van der Waals surface area contributed by atoms with Crippen molar-refractivity contribution in [2.45, 2.75) is 36.0 Å². The molecule has 0 radical (unpaired) electrons. The van der Waals surface area contributed by atoms with Crippen molar-refractivity contribution in [1.82, 2.24) is 0 Å². The second-order valence-corrected chi connectivity index (χ2v) is 6.87. The minimum absolute atomic E-state index is 0.221. The fourth-order valence-electron chi connectivity index (χ4n) is 2.56. The van der Waals surface area contributed by atoms with Crippen LogP contribution in [0.1, 0.15) is 19.8 Å². The Bertz CT molecular complexity index is 524. The molecule has 1 N–H and O–H groups in total. The first-order chi connectivity index (χ1) is 8.48. The van der Waals surface area contributed by atoms with Crippen LogP contribution in [0.15, 0.2) is 29.2 Å². The average molecular weight is 270 g/mol. The lowest BCUT2D eigenvalue weighted by molar-refractivity contribution is 0.142. The van der Waals surface area contributed by atoms with E-state index in [-0.39, 0.29) is 10.8 Å². The highest BCUT2D eigenvalue weighted by molar-refractivity contribution is 7.92. The standard InChI is InChI=1S/C13H18O4S/c1-9-10(14)7-8-12(9)18(15,16)13-6-4-3-5-11(13)17-2/h3-6,9-10,12,14H,7-8H2,1-2H3. The van der Waals surface area contributed by atoms with Crippen molar-refractivity contribution in [2.75, 3.05) is 7.11 Å². The molecule has 1 fully saturated rings. The SMILES string of the molecule is COc1ccccc1S(=O)(=O)C1CCC(O)C1C. The molecule has 0 saturated heterocycles. The van der Waals surface area contributed by atoms with Crippen LogP contribution in [-0.4, -0.2) is 32.0 Å². The van der Waals surface area contributed by atoms with Gasteiger partial charge in [0.05, 0.1) is 18.5 Å². The summed E-state index contributed by atoms with van der Waals surface area (Å²) in [6.45, 7) is 1.79. The third-order valence-corrected chi connectivity index (χ3v) is 6.13. The second-order valence-electron chi connectivity index (χ2n) is 4.74. The number of rotatable bonds is 3. The van der Waals surface area contributed by atoms with Crippen molar-refractivity contribution in [2.24, 2.45) is 5.92 Å². The van der Waals surface area contributed by atoms with Crippen molar-refractivity contribution in [3.63, 3.8) is 0 Å². The Hall–Kier alpha value is -1.07. The predicted molar refractivity (Wildman–Crippen MR) is 68.4 cm³/mol. The van der Waals surface area contributed by atoms with E-state index in [0.717, 1.165) is 0 Å². The summed E-state index contributed by atoms with van der Waals surface area (Å²) in [4.78, 5) is 0.221. The van der Waals surface area contributed by atoms with E-state index in [1.807, 2.05) is 0 Å². The molecule has 0 heterocycles. The van der Waals surface area contributed by atoms with Crippen LogP contribution in [0.25, 0.3) is 0 Å². The molecule has 18 heavy (non-hydrogen) atoms. The molecule has 100 valence electrons. The van der Waals surface area contributed by atoms with Gasteiger partial charge in [-0.3, -0.25) is 0 Å². The molecule has 0 bridgehead atoms. The maximum Gasteiger partial charge on any atom is 0.185 e. The van der Waals surface area contributed by atoms with Gasteiger partial charge in [0.25, 0.3) is 0 Å². The van der Waals surface area contributed by atoms with Gasteiger partial charge in [0.1, 0.15) is 10.6 Å². The zero-order valence-electron chi connectivity index (χ0n) is 10.5. The number of methoxy groups -OCH3 is 1. The zero-order chi connectivity index (χ0) is 13.3. The molecule has 1 aliphatic carbocycles. The average Bonchev–Trinajstić information content (AvgIpc) is 2.70. The Morgan fingerprint density at radius 3 is 2.50 bits per heavy atom. The van der Waals surface area contributed by atoms with Gasteiger partial charge in [-0.15, -0.1) is 0 Å². The third kappa shape index (κ3) is 2.12. The lowest BCUT2D eigenvalue weighted by Crippen LogP contribution is -2.28. The van der Waals surface area contributed by atoms with E-state index in [1.165, 1.54) is 7.11 Å². The van der Waals surface area contributed by atoms with Crippen molar-refractivity contribution in [1.29, 1.82) is 0 Å². The van der Waals surface area contributed by atoms with Gasteiger partial charge < -0.3 is 9.84 Å². The number of para-hydroxylation sites is 1. The fraction of sp³-hybridized carbons (Fsp3) is 0.538. The van der Waals surface area contributed by atoms with Gasteiger partial charge in [0.15, 0.2) is 9.84 Å². The number of benzene rings is 1. The van der Waals surface area contributed by atoms with Crippen LogP contribution in [0.3, 0.4) is 0 Å². The highest BCUT2D eigenvalue weighted by Crippen LogP contribution is 2.37. The van der Waals surface area contributed by atoms with Crippen molar-refractivity contribution >= 4 is 9.84 Å². The largest absolute Gasteiger partial charge is 0.495 e. The molecule has 2 rings (SSSR count). The van der Waals surface area contributed by atoms with E-state index in [9.17, 15) is 13.5 Å². The van der Waals surface area contributed by atoms with Gasteiger partial charge in [-0.05, 0) is 30.9 Å². The van der Waals surface area contributed by atoms with E-state index in [4.69, 9.17) is 4.74 Å². The van der Waals surface area contributed by atoms with Crippen LogP contribution in [0, 0.1) is 5.92 Å². The minimum atomic E-state index is -3.45. The first-order valence-electron chi connectivity index (χ1n) is 6.03. The molecule has 1 saturated carbocycles. The molecule has 3 atom stereocenters. The Morgan fingerprint density at radius 1 is 1.28 bits per heavy atom. The summed E-state index contributed by atoms with van der Waals surface area (Å²) in [6.07, 6.45) is 0.516. The van der Waals surface area contributed by atoms with Crippen molar-refractivity contribution in [3.05, 3.63) is 24.3 Å². The molecule has 1 aromatic rings. The summed E-state index contributed by atoms with van der Waals surface area (Å²) in [5.41, 5.74) is 0. The smallest absolute Gasteiger partial charge is 0.185 e. The molecule has 3 unspecified atom stereocenters. The second kappa shape index (κ2) is 4.90. The maximum absolute atomic E-state index is 12.6. The molecule has 0 aromatic heterocycles. The van der Waals surface area contributed by atoms with E-state index < -0.39 is 21.2 Å². The predicted octanol–water partition coefficient (Wildman–Crippen LogP) is 1.63. The van der Waals surface area contributed by atoms with E-state index in [0.29, 0.717) is 18.6 Å². The van der Waals surface area contributed by atoms with E-state index >= 15 is 0 Å². The van der Waals surface area contributed by atoms with E-state index in [2.05, 4.69) is 0 Å². The maximum atomic E-state index is 12.6. The van der Waals surface area contributed by atoms with E-state index in [1.54, 1.807) is 31.2 Å². The Balaban J connectivity index is 2.43. The molecule has 0 spiro atoms. The van der Waals surface area contributed by atoms with Crippen LogP contribution >= 0.6 is 0 Å². The molecule has 1 aliphatic rings. The number of hydrogen-bond acceptors (Lipinski definition) is 4. The summed E-state index contributed by atoms with van der Waals surface area (Å²) in [6, 6.07) is 6.63. The zero-order valence-corrected chi connectivity index (χ0v) is 11.4. The van der Waals surface area contributed by atoms with Crippen molar-refractivity contribution < 1.29 is 18.3 Å². The lowest BCUT2D eigenvalue weighted by atomic mass is 10.1. The van der Waals surface area contributed by atoms with Crippen LogP contribution in [0.2, 0.25) is 0 Å². The van der Waals surface area contributed by atoms with Crippen LogP contribution in [0.4, 0.5) is 0 Å². The summed E-state index contributed by atoms with van der Waals surface area (Å²) in [5, 5.41) is 9.18. The number of sulfone groups is 1. The quantitative estimate of drug-likeness (QED) is 0.906. The monoisotopic (exact) mass is 270 g/mol. The normalized spacial score (nSPS) is 28.3. The number of hydrogen-bond donors (Lipinski definition) is 1. The fourth-order valence-corrected chi connectivity index (χ4v) is 4.78. The topological polar surface area (TPSA) is 63.6 Å². The van der Waals surface area contributed by atoms with Crippen LogP contribution in [0.5, 0.6) is 5.75 Å². The molecule has 1 aromatic carbocycles. The number of aliphatic hydroxyl groups excluding tert-OH is 1. The summed E-state index contributed by atoms with van der Waals surface area (Å²) < 4.78 is 30.3. The molecule has 0 aliphatic heterocycles. The number of ether oxygens (including phenoxy) is 1. The van der Waals surface area contributed by atoms with Gasteiger partial charge in [-0.2, -0.15) is 0 Å². The summed E-state index contributed by atoms with van der Waals surface area (Å²) in [7, 11) is -1.99. The summed E-state index contributed by atoms with van der Waals surface area (Å²) >= 11 is 0. The Labute approximate surface area is 108 Å². The van der Waals surface area contributed by atoms with Gasteiger partial charge in [-0.1, -0.05) is 19.1 Å². The molecule has 0 amide bonds. The van der Waals surface area contributed by atoms with Crippen molar-refractivity contribution in [3.8, 4) is 5.75 Å². The van der Waals surface area contributed by atoms with Gasteiger partial charge >= 0.3 is 0 Å². The number of aliphatic hydroxyl groups is 1. The Kier molecular flexibility index (Phi) is 3.64. The first kappa shape index (κ1) is 13.4. The minimum Gasteiger partial charge on any atom is -0.495 e. The molecule has 5 heteroatoms. The first-order valence-corrected chi connectivity index (χ1v) is 7.58. The summed E-state index contributed by atoms with van der Waals surface area (Å²) in [5.74, 6) is 0.131. The lowest BCUT2D eigenvalue weighted by Gasteiger charge is -2.19. The molecule has 4 nitrogen and oxygen atoms in total. The van der Waals surface area contributed by atoms with Gasteiger partial charge in [0.2, 0.25) is 0 Å². The highest BCUT2D eigenvalue weighted by atomic mass is 32.2. The molecular formula is C13H18O4S. The third-order valence-electron chi connectivity index (χ3n) is 3.71. The molecular weight excluding hydrogens is 252 g/mol. The van der Waals surface area contributed by atoms with Crippen LogP contribution < -0.4 is 4.74 Å². The van der Waals surface area contributed by atoms with Crippen LogP contribution in [-0.2, 0) is 9.84 Å². The van der Waals surface area contributed by atoms with Gasteiger partial charge in [-0.25, -0.2) is 8.42 Å².